The van der Waals surface area contributed by atoms with E-state index in [0.29, 0.717) is 41.3 Å². The molecule has 4 rings (SSSR count). The molecule has 3 N–H and O–H groups in total. The number of nitrogens with one attached hydrogen (secondary N) is 1. The lowest BCUT2D eigenvalue weighted by Gasteiger charge is -2.15. The summed E-state index contributed by atoms with van der Waals surface area (Å²) in [4.78, 5) is 9.02. The minimum atomic E-state index is 0.406. The number of rotatable bonds is 5. The van der Waals surface area contributed by atoms with Gasteiger partial charge in [-0.15, -0.1) is 0 Å². The average molecular weight is 380 g/mol. The van der Waals surface area contributed by atoms with Gasteiger partial charge in [0, 0.05) is 18.0 Å². The van der Waals surface area contributed by atoms with Gasteiger partial charge in [0.1, 0.15) is 11.6 Å². The smallest absolute Gasteiger partial charge is 0.225 e. The molecule has 0 saturated carbocycles. The Hall–Kier alpha value is -3.22. The number of nitrogens with two attached hydrogens (primary N) is 1. The summed E-state index contributed by atoms with van der Waals surface area (Å²) in [5.74, 6) is 3.53. The number of benzene rings is 2. The standard InChI is InChI=1S/C21H24N4O3/c1-26-18-10-15-16(11-19(18)27-2)24-21(25-20(15)22)23-12-13-7-8-28-17-6-4-3-5-14(17)9-13/h3-6,10-11,13H,7-9,12H2,1-2H3,(H3,22,23,24,25)/t13-/m1/s1. The Morgan fingerprint density at radius 3 is 2.75 bits per heavy atom. The van der Waals surface area contributed by atoms with E-state index in [0.717, 1.165) is 30.5 Å². The molecular formula is C21H24N4O3. The molecule has 3 aromatic rings. The topological polar surface area (TPSA) is 91.5 Å². The minimum Gasteiger partial charge on any atom is -0.493 e. The van der Waals surface area contributed by atoms with E-state index in [1.165, 1.54) is 5.56 Å². The monoisotopic (exact) mass is 380 g/mol. The summed E-state index contributed by atoms with van der Waals surface area (Å²) >= 11 is 0. The number of hydrogen-bond acceptors (Lipinski definition) is 7. The quantitative estimate of drug-likeness (QED) is 0.702. The maximum atomic E-state index is 6.16. The van der Waals surface area contributed by atoms with Crippen LogP contribution in [0.1, 0.15) is 12.0 Å². The molecule has 28 heavy (non-hydrogen) atoms. The normalized spacial score (nSPS) is 16.0. The SMILES string of the molecule is COc1cc2nc(NC[C@@H]3CCOc4ccccc4C3)nc(N)c2cc1OC. The molecule has 2 aromatic carbocycles. The maximum Gasteiger partial charge on any atom is 0.225 e. The highest BCUT2D eigenvalue weighted by molar-refractivity contribution is 5.91. The predicted octanol–water partition coefficient (Wildman–Crippen LogP) is 3.28. The lowest BCUT2D eigenvalue weighted by atomic mass is 9.97. The van der Waals surface area contributed by atoms with E-state index in [1.807, 2.05) is 24.3 Å². The molecule has 0 saturated heterocycles. The molecule has 0 spiro atoms. The molecule has 7 nitrogen and oxygen atoms in total. The molecule has 146 valence electrons. The van der Waals surface area contributed by atoms with E-state index in [9.17, 15) is 0 Å². The summed E-state index contributed by atoms with van der Waals surface area (Å²) in [5, 5.41) is 4.08. The Morgan fingerprint density at radius 1 is 1.14 bits per heavy atom. The average Bonchev–Trinajstić information content (AvgIpc) is 2.93. The zero-order valence-corrected chi connectivity index (χ0v) is 16.1. The van der Waals surface area contributed by atoms with Crippen molar-refractivity contribution in [2.45, 2.75) is 12.8 Å². The molecule has 7 heteroatoms. The first-order chi connectivity index (χ1) is 13.7. The molecule has 1 aliphatic rings. The highest BCUT2D eigenvalue weighted by Gasteiger charge is 2.18. The van der Waals surface area contributed by atoms with Crippen LogP contribution in [0.2, 0.25) is 0 Å². The number of methoxy groups -OCH3 is 2. The summed E-state index contributed by atoms with van der Waals surface area (Å²) in [6.07, 6.45) is 1.92. The van der Waals surface area contributed by atoms with Crippen LogP contribution in [0.15, 0.2) is 36.4 Å². The molecule has 0 aliphatic carbocycles. The van der Waals surface area contributed by atoms with Crippen LogP contribution in [0.25, 0.3) is 10.9 Å². The summed E-state index contributed by atoms with van der Waals surface area (Å²) in [5.41, 5.74) is 8.11. The predicted molar refractivity (Wildman–Crippen MR) is 109 cm³/mol. The van der Waals surface area contributed by atoms with Crippen LogP contribution in [-0.2, 0) is 6.42 Å². The number of para-hydroxylation sites is 1. The molecule has 0 radical (unpaired) electrons. The summed E-state index contributed by atoms with van der Waals surface area (Å²) < 4.78 is 16.5. The molecule has 0 bridgehead atoms. The van der Waals surface area contributed by atoms with Gasteiger partial charge < -0.3 is 25.3 Å². The number of nitrogen functional groups attached to an aromatic ring is 1. The Kier molecular flexibility index (Phi) is 5.06. The number of ether oxygens (including phenoxy) is 3. The van der Waals surface area contributed by atoms with E-state index in [-0.39, 0.29) is 0 Å². The largest absolute Gasteiger partial charge is 0.493 e. The number of fused-ring (bicyclic) bond motifs is 2. The van der Waals surface area contributed by atoms with Gasteiger partial charge in [-0.1, -0.05) is 18.2 Å². The van der Waals surface area contributed by atoms with Gasteiger partial charge in [0.15, 0.2) is 11.5 Å². The molecule has 0 amide bonds. The van der Waals surface area contributed by atoms with E-state index in [4.69, 9.17) is 19.9 Å². The summed E-state index contributed by atoms with van der Waals surface area (Å²) in [6, 6.07) is 11.8. The number of hydrogen-bond donors (Lipinski definition) is 2. The van der Waals surface area contributed by atoms with Gasteiger partial charge in [-0.25, -0.2) is 4.98 Å². The van der Waals surface area contributed by atoms with Crippen molar-refractivity contribution in [3.63, 3.8) is 0 Å². The van der Waals surface area contributed by atoms with E-state index >= 15 is 0 Å². The van der Waals surface area contributed by atoms with Crippen molar-refractivity contribution in [3.05, 3.63) is 42.0 Å². The van der Waals surface area contributed by atoms with Gasteiger partial charge in [0.05, 0.1) is 26.3 Å². The lowest BCUT2D eigenvalue weighted by Crippen LogP contribution is -2.19. The molecule has 1 atom stereocenters. The van der Waals surface area contributed by atoms with Gasteiger partial charge in [0.25, 0.3) is 0 Å². The first kappa shape index (κ1) is 18.2. The van der Waals surface area contributed by atoms with E-state index < -0.39 is 0 Å². The van der Waals surface area contributed by atoms with Gasteiger partial charge >= 0.3 is 0 Å². The number of anilines is 2. The van der Waals surface area contributed by atoms with E-state index in [1.54, 1.807) is 20.3 Å². The van der Waals surface area contributed by atoms with Crippen molar-refractivity contribution in [2.24, 2.45) is 5.92 Å². The molecule has 0 unspecified atom stereocenters. The maximum absolute atomic E-state index is 6.16. The minimum absolute atomic E-state index is 0.406. The molecule has 1 aromatic heterocycles. The van der Waals surface area contributed by atoms with Crippen molar-refractivity contribution in [2.75, 3.05) is 38.4 Å². The van der Waals surface area contributed by atoms with Crippen LogP contribution in [0.5, 0.6) is 17.2 Å². The third-order valence-corrected chi connectivity index (χ3v) is 5.04. The van der Waals surface area contributed by atoms with Crippen LogP contribution in [0.4, 0.5) is 11.8 Å². The Morgan fingerprint density at radius 2 is 1.93 bits per heavy atom. The number of aromatic nitrogens is 2. The van der Waals surface area contributed by atoms with Gasteiger partial charge in [-0.05, 0) is 36.5 Å². The second kappa shape index (κ2) is 7.80. The van der Waals surface area contributed by atoms with Gasteiger partial charge in [0.2, 0.25) is 5.95 Å². The van der Waals surface area contributed by atoms with Crippen LogP contribution < -0.4 is 25.3 Å². The highest BCUT2D eigenvalue weighted by Crippen LogP contribution is 2.34. The second-order valence-corrected chi connectivity index (χ2v) is 6.85. The van der Waals surface area contributed by atoms with Crippen molar-refractivity contribution in [1.29, 1.82) is 0 Å². The zero-order chi connectivity index (χ0) is 19.5. The Labute approximate surface area is 163 Å². The molecular weight excluding hydrogens is 356 g/mol. The lowest BCUT2D eigenvalue weighted by molar-refractivity contribution is 0.298. The highest BCUT2D eigenvalue weighted by atomic mass is 16.5. The molecule has 2 heterocycles. The third-order valence-electron chi connectivity index (χ3n) is 5.04. The van der Waals surface area contributed by atoms with Crippen molar-refractivity contribution in [3.8, 4) is 17.2 Å². The fourth-order valence-electron chi connectivity index (χ4n) is 3.53. The van der Waals surface area contributed by atoms with Crippen LogP contribution in [-0.4, -0.2) is 37.3 Å². The molecule has 0 fully saturated rings. The summed E-state index contributed by atoms with van der Waals surface area (Å²) in [7, 11) is 3.19. The van der Waals surface area contributed by atoms with Crippen LogP contribution in [0.3, 0.4) is 0 Å². The van der Waals surface area contributed by atoms with Gasteiger partial charge in [-0.3, -0.25) is 0 Å². The van der Waals surface area contributed by atoms with Crippen molar-refractivity contribution in [1.82, 2.24) is 9.97 Å². The molecule has 1 aliphatic heterocycles. The second-order valence-electron chi connectivity index (χ2n) is 6.85. The first-order valence-electron chi connectivity index (χ1n) is 9.31. The summed E-state index contributed by atoms with van der Waals surface area (Å²) in [6.45, 7) is 1.46. The zero-order valence-electron chi connectivity index (χ0n) is 16.1. The Bertz CT molecular complexity index is 993. The fraction of sp³-hybridized carbons (Fsp3) is 0.333. The first-order valence-corrected chi connectivity index (χ1v) is 9.31. The van der Waals surface area contributed by atoms with Gasteiger partial charge in [-0.2, -0.15) is 4.98 Å². The third kappa shape index (κ3) is 3.60. The van der Waals surface area contributed by atoms with E-state index in [2.05, 4.69) is 21.4 Å². The number of nitrogens with zero attached hydrogens (tertiary/aromatic N) is 2. The van der Waals surface area contributed by atoms with Crippen LogP contribution in [0, 0.1) is 5.92 Å². The Balaban J connectivity index is 1.53. The van der Waals surface area contributed by atoms with Crippen molar-refractivity contribution >= 4 is 22.7 Å². The fourth-order valence-corrected chi connectivity index (χ4v) is 3.53. The van der Waals surface area contributed by atoms with Crippen molar-refractivity contribution < 1.29 is 14.2 Å². The van der Waals surface area contributed by atoms with Crippen LogP contribution >= 0.6 is 0 Å².